The number of benzene rings is 2. The molecule has 1 aliphatic rings. The van der Waals surface area contributed by atoms with Crippen LogP contribution in [0.5, 0.6) is 5.75 Å². The molecule has 0 radical (unpaired) electrons. The first-order valence-corrected chi connectivity index (χ1v) is 7.29. The van der Waals surface area contributed by atoms with Gasteiger partial charge >= 0.3 is 0 Å². The van der Waals surface area contributed by atoms with Gasteiger partial charge in [-0.1, -0.05) is 31.2 Å². The predicted octanol–water partition coefficient (Wildman–Crippen LogP) is 3.89. The molecule has 1 N–H and O–H groups in total. The lowest BCUT2D eigenvalue weighted by Gasteiger charge is -2.39. The molecule has 0 aromatic heterocycles. The summed E-state index contributed by atoms with van der Waals surface area (Å²) in [6.45, 7) is 2.51. The number of ether oxygens (including phenoxy) is 1. The van der Waals surface area contributed by atoms with E-state index in [0.29, 0.717) is 18.4 Å². The van der Waals surface area contributed by atoms with E-state index < -0.39 is 0 Å². The van der Waals surface area contributed by atoms with Crippen LogP contribution in [0.1, 0.15) is 30.4 Å². The molecule has 21 heavy (non-hydrogen) atoms. The van der Waals surface area contributed by atoms with Crippen LogP contribution >= 0.6 is 0 Å². The van der Waals surface area contributed by atoms with Crippen molar-refractivity contribution in [1.29, 1.82) is 0 Å². The van der Waals surface area contributed by atoms with Crippen molar-refractivity contribution in [3.63, 3.8) is 0 Å². The fraction of sp³-hybridized carbons (Fsp3) is 0.333. The SMILES string of the molecule is CC1C(O)CC1c1ccc(OCc2ccc(F)cc2)cc1. The van der Waals surface area contributed by atoms with Gasteiger partial charge in [-0.25, -0.2) is 4.39 Å². The summed E-state index contributed by atoms with van der Waals surface area (Å²) in [5, 5.41) is 9.58. The highest BCUT2D eigenvalue weighted by Crippen LogP contribution is 2.42. The Hall–Kier alpha value is -1.87. The number of aliphatic hydroxyl groups excluding tert-OH is 1. The van der Waals surface area contributed by atoms with Crippen molar-refractivity contribution in [3.05, 3.63) is 65.5 Å². The van der Waals surface area contributed by atoms with Gasteiger partial charge in [0.05, 0.1) is 6.10 Å². The molecule has 0 saturated heterocycles. The van der Waals surface area contributed by atoms with Crippen molar-refractivity contribution >= 4 is 0 Å². The summed E-state index contributed by atoms with van der Waals surface area (Å²) in [7, 11) is 0. The first-order chi connectivity index (χ1) is 10.1. The minimum atomic E-state index is -0.236. The van der Waals surface area contributed by atoms with E-state index in [1.165, 1.54) is 17.7 Å². The van der Waals surface area contributed by atoms with Crippen LogP contribution in [0.25, 0.3) is 0 Å². The summed E-state index contributed by atoms with van der Waals surface area (Å²) in [6, 6.07) is 14.4. The predicted molar refractivity (Wildman–Crippen MR) is 79.7 cm³/mol. The smallest absolute Gasteiger partial charge is 0.123 e. The van der Waals surface area contributed by atoms with E-state index in [1.54, 1.807) is 12.1 Å². The highest BCUT2D eigenvalue weighted by Gasteiger charge is 2.36. The molecule has 3 unspecified atom stereocenters. The summed E-state index contributed by atoms with van der Waals surface area (Å²) >= 11 is 0. The molecule has 2 nitrogen and oxygen atoms in total. The number of hydrogen-bond acceptors (Lipinski definition) is 2. The van der Waals surface area contributed by atoms with Crippen molar-refractivity contribution in [2.75, 3.05) is 0 Å². The van der Waals surface area contributed by atoms with Crippen LogP contribution in [0.3, 0.4) is 0 Å². The van der Waals surface area contributed by atoms with Crippen LogP contribution in [0.4, 0.5) is 4.39 Å². The molecule has 1 aliphatic carbocycles. The summed E-state index contributed by atoms with van der Waals surface area (Å²) in [5.41, 5.74) is 2.19. The Labute approximate surface area is 124 Å². The van der Waals surface area contributed by atoms with Crippen LogP contribution in [0, 0.1) is 11.7 Å². The van der Waals surface area contributed by atoms with Crippen molar-refractivity contribution in [2.24, 2.45) is 5.92 Å². The van der Waals surface area contributed by atoms with E-state index in [1.807, 2.05) is 12.1 Å². The van der Waals surface area contributed by atoms with Gasteiger partial charge in [0.25, 0.3) is 0 Å². The molecule has 0 aliphatic heterocycles. The van der Waals surface area contributed by atoms with Gasteiger partial charge in [-0.3, -0.25) is 0 Å². The average molecular weight is 286 g/mol. The summed E-state index contributed by atoms with van der Waals surface area (Å²) in [4.78, 5) is 0. The van der Waals surface area contributed by atoms with Crippen LogP contribution in [0.2, 0.25) is 0 Å². The van der Waals surface area contributed by atoms with Crippen molar-refractivity contribution in [1.82, 2.24) is 0 Å². The standard InChI is InChI=1S/C18H19FO2/c1-12-17(10-18(12)20)14-4-8-16(9-5-14)21-11-13-2-6-15(19)7-3-13/h2-9,12,17-18,20H,10-11H2,1H3. The Kier molecular flexibility index (Phi) is 3.93. The Morgan fingerprint density at radius 1 is 1.10 bits per heavy atom. The van der Waals surface area contributed by atoms with Gasteiger partial charge in [-0.15, -0.1) is 0 Å². The Morgan fingerprint density at radius 3 is 2.33 bits per heavy atom. The van der Waals surface area contributed by atoms with Crippen molar-refractivity contribution in [2.45, 2.75) is 32.0 Å². The molecular weight excluding hydrogens is 267 g/mol. The molecule has 1 fully saturated rings. The monoisotopic (exact) mass is 286 g/mol. The first-order valence-electron chi connectivity index (χ1n) is 7.29. The second-order valence-electron chi connectivity index (χ2n) is 5.75. The minimum absolute atomic E-state index is 0.163. The lowest BCUT2D eigenvalue weighted by atomic mass is 9.69. The van der Waals surface area contributed by atoms with Gasteiger partial charge < -0.3 is 9.84 Å². The van der Waals surface area contributed by atoms with Gasteiger partial charge in [-0.2, -0.15) is 0 Å². The van der Waals surface area contributed by atoms with Crippen molar-refractivity contribution in [3.8, 4) is 5.75 Å². The minimum Gasteiger partial charge on any atom is -0.489 e. The zero-order valence-corrected chi connectivity index (χ0v) is 12.0. The molecule has 0 bridgehead atoms. The lowest BCUT2D eigenvalue weighted by molar-refractivity contribution is 0.0117. The molecule has 2 aromatic rings. The third-order valence-electron chi connectivity index (χ3n) is 4.36. The van der Waals surface area contributed by atoms with E-state index in [0.717, 1.165) is 17.7 Å². The first kappa shape index (κ1) is 14.1. The van der Waals surface area contributed by atoms with E-state index in [-0.39, 0.29) is 11.9 Å². The number of hydrogen-bond donors (Lipinski definition) is 1. The lowest BCUT2D eigenvalue weighted by Crippen LogP contribution is -2.37. The number of aliphatic hydroxyl groups is 1. The molecule has 1 saturated carbocycles. The van der Waals surface area contributed by atoms with Gasteiger partial charge in [0.15, 0.2) is 0 Å². The largest absolute Gasteiger partial charge is 0.489 e. The molecule has 0 spiro atoms. The number of halogens is 1. The molecule has 110 valence electrons. The van der Waals surface area contributed by atoms with Gasteiger partial charge in [0, 0.05) is 0 Å². The Morgan fingerprint density at radius 2 is 1.76 bits per heavy atom. The topological polar surface area (TPSA) is 29.5 Å². The second-order valence-corrected chi connectivity index (χ2v) is 5.75. The molecule has 3 atom stereocenters. The molecule has 0 heterocycles. The zero-order valence-electron chi connectivity index (χ0n) is 12.0. The molecule has 2 aromatic carbocycles. The fourth-order valence-electron chi connectivity index (χ4n) is 2.76. The van der Waals surface area contributed by atoms with E-state index >= 15 is 0 Å². The summed E-state index contributed by atoms with van der Waals surface area (Å²) in [5.74, 6) is 1.35. The third kappa shape index (κ3) is 3.08. The number of rotatable bonds is 4. The van der Waals surface area contributed by atoms with Crippen LogP contribution < -0.4 is 4.74 Å². The maximum Gasteiger partial charge on any atom is 0.123 e. The average Bonchev–Trinajstić information content (AvgIpc) is 2.52. The Balaban J connectivity index is 1.58. The van der Waals surface area contributed by atoms with Crippen molar-refractivity contribution < 1.29 is 14.2 Å². The summed E-state index contributed by atoms with van der Waals surface area (Å²) in [6.07, 6.45) is 0.682. The van der Waals surface area contributed by atoms with Crippen LogP contribution in [-0.4, -0.2) is 11.2 Å². The highest BCUT2D eigenvalue weighted by molar-refractivity contribution is 5.31. The maximum atomic E-state index is 12.8. The van der Waals surface area contributed by atoms with E-state index in [9.17, 15) is 9.50 Å². The summed E-state index contributed by atoms with van der Waals surface area (Å²) < 4.78 is 18.5. The van der Waals surface area contributed by atoms with Crippen LogP contribution in [-0.2, 0) is 6.61 Å². The quantitative estimate of drug-likeness (QED) is 0.924. The van der Waals surface area contributed by atoms with Crippen LogP contribution in [0.15, 0.2) is 48.5 Å². The second kappa shape index (κ2) is 5.86. The molecule has 3 rings (SSSR count). The maximum absolute atomic E-state index is 12.8. The molecule has 3 heteroatoms. The highest BCUT2D eigenvalue weighted by atomic mass is 19.1. The van der Waals surface area contributed by atoms with E-state index in [2.05, 4.69) is 19.1 Å². The normalized spacial score (nSPS) is 24.4. The fourth-order valence-corrected chi connectivity index (χ4v) is 2.76. The zero-order chi connectivity index (χ0) is 14.8. The molecular formula is C18H19FO2. The van der Waals surface area contributed by atoms with Gasteiger partial charge in [-0.05, 0) is 53.6 Å². The van der Waals surface area contributed by atoms with Gasteiger partial charge in [0.1, 0.15) is 18.2 Å². The molecule has 0 amide bonds. The van der Waals surface area contributed by atoms with Gasteiger partial charge in [0.2, 0.25) is 0 Å². The third-order valence-corrected chi connectivity index (χ3v) is 4.36. The van der Waals surface area contributed by atoms with E-state index in [4.69, 9.17) is 4.74 Å². The Bertz CT molecular complexity index is 592.